The minimum atomic E-state index is -3.47. The summed E-state index contributed by atoms with van der Waals surface area (Å²) in [6.45, 7) is 5.08. The molecule has 9 heteroatoms. The van der Waals surface area contributed by atoms with Crippen LogP contribution in [0.4, 0.5) is 0 Å². The SMILES string of the molecule is CCNC(=NCC(O)CS(=O)(=O)c1cccs1)N(C)CC1CCOC1. The van der Waals surface area contributed by atoms with E-state index in [0.717, 1.165) is 37.5 Å². The number of hydrogen-bond donors (Lipinski definition) is 2. The highest BCUT2D eigenvalue weighted by Gasteiger charge is 2.22. The number of sulfone groups is 1. The van der Waals surface area contributed by atoms with Gasteiger partial charge in [-0.25, -0.2) is 8.42 Å². The molecule has 2 heterocycles. The van der Waals surface area contributed by atoms with Gasteiger partial charge in [0, 0.05) is 32.7 Å². The van der Waals surface area contributed by atoms with Gasteiger partial charge in [0.1, 0.15) is 4.21 Å². The molecule has 25 heavy (non-hydrogen) atoms. The molecule has 1 aromatic rings. The van der Waals surface area contributed by atoms with Crippen LogP contribution in [-0.4, -0.2) is 76.1 Å². The van der Waals surface area contributed by atoms with Crippen molar-refractivity contribution in [2.45, 2.75) is 23.7 Å². The standard InChI is InChI=1S/C16H27N3O4S2/c1-3-17-16(19(2)10-13-6-7-23-11-13)18-9-14(20)12-25(21,22)15-5-4-8-24-15/h4-5,8,13-14,20H,3,6-7,9-12H2,1-2H3,(H,17,18). The summed E-state index contributed by atoms with van der Waals surface area (Å²) in [5, 5.41) is 15.0. The van der Waals surface area contributed by atoms with Gasteiger partial charge in [0.05, 0.1) is 25.0 Å². The molecule has 1 aliphatic heterocycles. The molecule has 1 aliphatic rings. The third-order valence-electron chi connectivity index (χ3n) is 3.92. The molecular weight excluding hydrogens is 362 g/mol. The first-order valence-electron chi connectivity index (χ1n) is 8.44. The van der Waals surface area contributed by atoms with Crippen molar-refractivity contribution < 1.29 is 18.3 Å². The summed E-state index contributed by atoms with van der Waals surface area (Å²) in [5.41, 5.74) is 0. The van der Waals surface area contributed by atoms with Crippen LogP contribution < -0.4 is 5.32 Å². The van der Waals surface area contributed by atoms with E-state index >= 15 is 0 Å². The number of nitrogens with zero attached hydrogens (tertiary/aromatic N) is 2. The molecule has 0 spiro atoms. The van der Waals surface area contributed by atoms with Gasteiger partial charge < -0.3 is 20.1 Å². The molecule has 0 saturated carbocycles. The summed E-state index contributed by atoms with van der Waals surface area (Å²) >= 11 is 1.16. The monoisotopic (exact) mass is 389 g/mol. The summed E-state index contributed by atoms with van der Waals surface area (Å²) < 4.78 is 30.1. The molecule has 2 rings (SSSR count). The normalized spacial score (nSPS) is 19.8. The molecule has 2 atom stereocenters. The first-order valence-corrected chi connectivity index (χ1v) is 11.0. The number of rotatable bonds is 8. The zero-order chi connectivity index (χ0) is 18.3. The molecule has 2 unspecified atom stereocenters. The number of aliphatic hydroxyl groups excluding tert-OH is 1. The third-order valence-corrected chi connectivity index (χ3v) is 7.20. The number of nitrogens with one attached hydrogen (secondary N) is 1. The molecule has 0 radical (unpaired) electrons. The van der Waals surface area contributed by atoms with E-state index in [-0.39, 0.29) is 16.5 Å². The molecule has 0 amide bonds. The first-order chi connectivity index (χ1) is 11.9. The maximum Gasteiger partial charge on any atom is 0.193 e. The quantitative estimate of drug-likeness (QED) is 0.505. The van der Waals surface area contributed by atoms with Crippen molar-refractivity contribution in [2.75, 3.05) is 45.6 Å². The van der Waals surface area contributed by atoms with Gasteiger partial charge in [0.2, 0.25) is 0 Å². The molecule has 0 aromatic carbocycles. The van der Waals surface area contributed by atoms with Gasteiger partial charge in [0.15, 0.2) is 15.8 Å². The minimum Gasteiger partial charge on any atom is -0.390 e. The van der Waals surface area contributed by atoms with Gasteiger partial charge in [-0.15, -0.1) is 11.3 Å². The van der Waals surface area contributed by atoms with E-state index in [1.54, 1.807) is 17.5 Å². The molecule has 7 nitrogen and oxygen atoms in total. The fraction of sp³-hybridized carbons (Fsp3) is 0.688. The topological polar surface area (TPSA) is 91.2 Å². The summed E-state index contributed by atoms with van der Waals surface area (Å²) in [5.74, 6) is 0.816. The van der Waals surface area contributed by atoms with Crippen molar-refractivity contribution in [3.8, 4) is 0 Å². The Bertz CT molecular complexity index is 640. The second-order valence-corrected chi connectivity index (χ2v) is 9.38. The van der Waals surface area contributed by atoms with Crippen LogP contribution in [0.25, 0.3) is 0 Å². The number of aliphatic hydroxyl groups is 1. The molecule has 1 fully saturated rings. The predicted octanol–water partition coefficient (Wildman–Crippen LogP) is 0.817. The van der Waals surface area contributed by atoms with Crippen LogP contribution >= 0.6 is 11.3 Å². The second kappa shape index (κ2) is 9.51. The van der Waals surface area contributed by atoms with Crippen molar-refractivity contribution in [2.24, 2.45) is 10.9 Å². The Kier molecular flexibility index (Phi) is 7.67. The summed E-state index contributed by atoms with van der Waals surface area (Å²) in [6.07, 6.45) is -0.00483. The van der Waals surface area contributed by atoms with Crippen LogP contribution in [0, 0.1) is 5.92 Å². The van der Waals surface area contributed by atoms with Crippen LogP contribution in [-0.2, 0) is 14.6 Å². The fourth-order valence-corrected chi connectivity index (χ4v) is 5.16. The zero-order valence-corrected chi connectivity index (χ0v) is 16.4. The lowest BCUT2D eigenvalue weighted by molar-refractivity contribution is 0.181. The van der Waals surface area contributed by atoms with Gasteiger partial charge in [-0.05, 0) is 24.8 Å². The van der Waals surface area contributed by atoms with Crippen molar-refractivity contribution in [1.82, 2.24) is 10.2 Å². The summed E-state index contributed by atoms with van der Waals surface area (Å²) in [4.78, 5) is 6.40. The number of aliphatic imine (C=N–C) groups is 1. The Morgan fingerprint density at radius 2 is 2.40 bits per heavy atom. The van der Waals surface area contributed by atoms with Crippen molar-refractivity contribution >= 4 is 27.1 Å². The molecule has 0 bridgehead atoms. The highest BCUT2D eigenvalue weighted by molar-refractivity contribution is 7.93. The largest absolute Gasteiger partial charge is 0.390 e. The lowest BCUT2D eigenvalue weighted by atomic mass is 10.1. The van der Waals surface area contributed by atoms with E-state index in [9.17, 15) is 13.5 Å². The van der Waals surface area contributed by atoms with Gasteiger partial charge in [0.25, 0.3) is 0 Å². The molecular formula is C16H27N3O4S2. The average Bonchev–Trinajstić information content (AvgIpc) is 3.24. The maximum atomic E-state index is 12.2. The average molecular weight is 390 g/mol. The van der Waals surface area contributed by atoms with Gasteiger partial charge in [-0.1, -0.05) is 6.07 Å². The van der Waals surface area contributed by atoms with Crippen molar-refractivity contribution in [1.29, 1.82) is 0 Å². The molecule has 142 valence electrons. The van der Waals surface area contributed by atoms with Crippen molar-refractivity contribution in [3.05, 3.63) is 17.5 Å². The van der Waals surface area contributed by atoms with E-state index in [4.69, 9.17) is 4.74 Å². The van der Waals surface area contributed by atoms with E-state index in [0.29, 0.717) is 18.4 Å². The lowest BCUT2D eigenvalue weighted by Crippen LogP contribution is -2.42. The van der Waals surface area contributed by atoms with E-state index in [1.165, 1.54) is 0 Å². The second-order valence-electron chi connectivity index (χ2n) is 6.17. The maximum absolute atomic E-state index is 12.2. The van der Waals surface area contributed by atoms with Crippen molar-refractivity contribution in [3.63, 3.8) is 0 Å². The number of thiophene rings is 1. The molecule has 1 saturated heterocycles. The van der Waals surface area contributed by atoms with Crippen LogP contribution in [0.1, 0.15) is 13.3 Å². The highest BCUT2D eigenvalue weighted by Crippen LogP contribution is 2.18. The predicted molar refractivity (Wildman–Crippen MR) is 99.9 cm³/mol. The first kappa shape index (κ1) is 20.2. The van der Waals surface area contributed by atoms with Gasteiger partial charge in [-0.2, -0.15) is 0 Å². The molecule has 2 N–H and O–H groups in total. The summed E-state index contributed by atoms with van der Waals surface area (Å²) in [6, 6.07) is 3.24. The Balaban J connectivity index is 1.92. The number of ether oxygens (including phenoxy) is 1. The Hall–Kier alpha value is -1.16. The zero-order valence-electron chi connectivity index (χ0n) is 14.7. The lowest BCUT2D eigenvalue weighted by Gasteiger charge is -2.24. The number of hydrogen-bond acceptors (Lipinski definition) is 6. The Labute approximate surface area is 153 Å². The van der Waals surface area contributed by atoms with Gasteiger partial charge in [-0.3, -0.25) is 4.99 Å². The van der Waals surface area contributed by atoms with Crippen LogP contribution in [0.2, 0.25) is 0 Å². The van der Waals surface area contributed by atoms with E-state index in [2.05, 4.69) is 10.3 Å². The van der Waals surface area contributed by atoms with Crippen LogP contribution in [0.15, 0.2) is 26.7 Å². The van der Waals surface area contributed by atoms with Crippen LogP contribution in [0.5, 0.6) is 0 Å². The molecule has 1 aromatic heterocycles. The minimum absolute atomic E-state index is 0.0401. The highest BCUT2D eigenvalue weighted by atomic mass is 32.2. The van der Waals surface area contributed by atoms with Crippen LogP contribution in [0.3, 0.4) is 0 Å². The summed E-state index contributed by atoms with van der Waals surface area (Å²) in [7, 11) is -1.53. The third kappa shape index (κ3) is 6.25. The molecule has 0 aliphatic carbocycles. The Morgan fingerprint density at radius 3 is 3.00 bits per heavy atom. The van der Waals surface area contributed by atoms with E-state index in [1.807, 2.05) is 18.9 Å². The van der Waals surface area contributed by atoms with E-state index < -0.39 is 15.9 Å². The number of guanidine groups is 1. The van der Waals surface area contributed by atoms with Gasteiger partial charge >= 0.3 is 0 Å². The smallest absolute Gasteiger partial charge is 0.193 e. The Morgan fingerprint density at radius 1 is 1.60 bits per heavy atom. The fourth-order valence-electron chi connectivity index (χ4n) is 2.69.